The van der Waals surface area contributed by atoms with E-state index in [1.54, 1.807) is 0 Å². The Labute approximate surface area is 244 Å². The topological polar surface area (TPSA) is 36.1 Å². The van der Waals surface area contributed by atoms with Gasteiger partial charge < -0.3 is 40.8 Å². The fourth-order valence-electron chi connectivity index (χ4n) is 4.69. The maximum atomic E-state index is 3.82. The van der Waals surface area contributed by atoms with Crippen LogP contribution in [0.5, 0.6) is 0 Å². The van der Waals surface area contributed by atoms with Crippen molar-refractivity contribution in [2.75, 3.05) is 23.7 Å². The summed E-state index contributed by atoms with van der Waals surface area (Å²) in [6, 6.07) is 10.3. The van der Waals surface area contributed by atoms with Crippen LogP contribution in [0.4, 0.5) is 11.4 Å². The van der Waals surface area contributed by atoms with Gasteiger partial charge in [0.1, 0.15) is 0 Å². The van der Waals surface area contributed by atoms with Crippen LogP contribution in [-0.4, -0.2) is 25.2 Å². The van der Waals surface area contributed by atoms with Crippen molar-refractivity contribution >= 4 is 11.4 Å². The molecule has 2 atom stereocenters. The van der Waals surface area contributed by atoms with Gasteiger partial charge in [-0.05, 0) is 85.8 Å². The first-order valence-electron chi connectivity index (χ1n) is 13.4. The van der Waals surface area contributed by atoms with E-state index in [9.17, 15) is 0 Å². The van der Waals surface area contributed by atoms with Gasteiger partial charge in [-0.15, -0.1) is 0 Å². The Kier molecular flexibility index (Phi) is 19.9. The van der Waals surface area contributed by atoms with Crippen LogP contribution in [0.2, 0.25) is 0 Å². The van der Waals surface area contributed by atoms with Crippen LogP contribution in [0.1, 0.15) is 88.8 Å². The molecule has 0 saturated heterocycles. The van der Waals surface area contributed by atoms with Crippen LogP contribution in [0.15, 0.2) is 24.3 Å². The van der Waals surface area contributed by atoms with Crippen LogP contribution in [-0.2, 0) is 55.3 Å². The minimum Gasteiger partial charge on any atom is -1.00 e. The summed E-state index contributed by atoms with van der Waals surface area (Å²) in [5.41, 5.74) is 11.4. The number of hydrogen-bond acceptors (Lipinski definition) is 3. The van der Waals surface area contributed by atoms with Gasteiger partial charge in [-0.2, -0.15) is 0 Å². The Morgan fingerprint density at radius 1 is 0.528 bits per heavy atom. The van der Waals surface area contributed by atoms with Crippen LogP contribution >= 0.6 is 0 Å². The molecular weight excluding hydrogens is 532 g/mol. The Bertz CT molecular complexity index is 767. The van der Waals surface area contributed by atoms with Gasteiger partial charge in [-0.3, -0.25) is 0 Å². The normalized spacial score (nSPS) is 12.0. The van der Waals surface area contributed by atoms with E-state index in [-0.39, 0.29) is 41.6 Å². The Morgan fingerprint density at radius 3 is 1.03 bits per heavy atom. The third-order valence-electron chi connectivity index (χ3n) is 6.75. The second-order valence-electron chi connectivity index (χ2n) is 9.45. The van der Waals surface area contributed by atoms with E-state index in [0.29, 0.717) is 12.1 Å². The molecule has 2 unspecified atom stereocenters. The van der Waals surface area contributed by atoms with Gasteiger partial charge in [-0.1, -0.05) is 65.8 Å². The standard InChI is InChI=1S/C30H49N3.2ClH.Co/c1-9-23-15-25(11-3)29(26(12-4)16-23)32-21(7)19-31-20-22(8)33-30-27(13-5)17-24(10-2)18-28(30)14-6;;;/h15-18,21-22,31-33H,9-14,19-20H2,1-8H3;2*1H;/q;;;+2/p-2. The van der Waals surface area contributed by atoms with Crippen molar-refractivity contribution in [3.63, 3.8) is 0 Å². The average molecular weight is 582 g/mol. The maximum absolute atomic E-state index is 3.82. The molecule has 2 aromatic rings. The van der Waals surface area contributed by atoms with Crippen molar-refractivity contribution < 1.29 is 41.6 Å². The quantitative estimate of drug-likeness (QED) is 0.311. The van der Waals surface area contributed by atoms with Gasteiger partial charge in [0.2, 0.25) is 0 Å². The molecule has 6 heteroatoms. The monoisotopic (exact) mass is 580 g/mol. The van der Waals surface area contributed by atoms with E-state index in [4.69, 9.17) is 0 Å². The molecule has 207 valence electrons. The molecule has 0 saturated carbocycles. The van der Waals surface area contributed by atoms with Crippen molar-refractivity contribution in [1.29, 1.82) is 0 Å². The van der Waals surface area contributed by atoms with Gasteiger partial charge in [0.05, 0.1) is 0 Å². The Hall–Kier alpha value is -0.914. The zero-order valence-corrected chi connectivity index (χ0v) is 26.3. The molecule has 0 aromatic heterocycles. The van der Waals surface area contributed by atoms with Crippen molar-refractivity contribution in [3.05, 3.63) is 57.6 Å². The molecule has 0 aliphatic carbocycles. The zero-order valence-electron chi connectivity index (χ0n) is 23.7. The van der Waals surface area contributed by atoms with E-state index in [1.165, 1.54) is 44.8 Å². The molecule has 0 aliphatic heterocycles. The van der Waals surface area contributed by atoms with Crippen LogP contribution in [0.3, 0.4) is 0 Å². The summed E-state index contributed by atoms with van der Waals surface area (Å²) in [6.07, 6.45) is 6.48. The summed E-state index contributed by atoms with van der Waals surface area (Å²) in [7, 11) is 0. The molecule has 1 radical (unpaired) electrons. The first kappa shape index (κ1) is 37.2. The molecule has 0 amide bonds. The minimum atomic E-state index is 0. The van der Waals surface area contributed by atoms with Gasteiger partial charge in [0.25, 0.3) is 0 Å². The smallest absolute Gasteiger partial charge is 1.00 e. The molecule has 3 nitrogen and oxygen atoms in total. The number of hydrogen-bond donors (Lipinski definition) is 3. The van der Waals surface area contributed by atoms with Gasteiger partial charge in [0, 0.05) is 36.5 Å². The summed E-state index contributed by atoms with van der Waals surface area (Å²) >= 11 is 0. The van der Waals surface area contributed by atoms with E-state index < -0.39 is 0 Å². The molecule has 0 heterocycles. The number of rotatable bonds is 14. The van der Waals surface area contributed by atoms with Gasteiger partial charge in [0.15, 0.2) is 0 Å². The fourth-order valence-corrected chi connectivity index (χ4v) is 4.69. The maximum Gasteiger partial charge on any atom is 2.00 e. The van der Waals surface area contributed by atoms with E-state index >= 15 is 0 Å². The SMILES string of the molecule is CCc1cc(CC)c(NC(C)CNCC(C)Nc2c(CC)cc(CC)cc2CC)c(CC)c1.[Cl-].[Cl-].[Co+2]. The summed E-state index contributed by atoms with van der Waals surface area (Å²) < 4.78 is 0. The predicted molar refractivity (Wildman–Crippen MR) is 148 cm³/mol. The second-order valence-corrected chi connectivity index (χ2v) is 9.45. The second kappa shape index (κ2) is 19.2. The molecule has 36 heavy (non-hydrogen) atoms. The molecule has 0 fully saturated rings. The summed E-state index contributed by atoms with van der Waals surface area (Å²) in [6.45, 7) is 20.0. The van der Waals surface area contributed by atoms with Gasteiger partial charge >= 0.3 is 16.8 Å². The van der Waals surface area contributed by atoms with Crippen LogP contribution < -0.4 is 40.8 Å². The minimum absolute atomic E-state index is 0. The van der Waals surface area contributed by atoms with Crippen molar-refractivity contribution in [2.45, 2.75) is 106 Å². The van der Waals surface area contributed by atoms with E-state index in [0.717, 1.165) is 51.6 Å². The van der Waals surface area contributed by atoms with E-state index in [1.807, 2.05) is 0 Å². The largest absolute Gasteiger partial charge is 2.00 e. The summed E-state index contributed by atoms with van der Waals surface area (Å²) in [5.74, 6) is 0. The zero-order chi connectivity index (χ0) is 24.4. The van der Waals surface area contributed by atoms with Crippen LogP contribution in [0, 0.1) is 0 Å². The predicted octanol–water partition coefficient (Wildman–Crippen LogP) is 0.957. The fraction of sp³-hybridized carbons (Fsp3) is 0.600. The van der Waals surface area contributed by atoms with Crippen molar-refractivity contribution in [2.24, 2.45) is 0 Å². The van der Waals surface area contributed by atoms with Crippen LogP contribution in [0.25, 0.3) is 0 Å². The number of aryl methyl sites for hydroxylation is 6. The van der Waals surface area contributed by atoms with Crippen molar-refractivity contribution in [3.8, 4) is 0 Å². The molecular formula is C30H49Cl2CoN3. The van der Waals surface area contributed by atoms with Crippen molar-refractivity contribution in [1.82, 2.24) is 5.32 Å². The number of benzene rings is 2. The average Bonchev–Trinajstić information content (AvgIpc) is 2.83. The molecule has 0 spiro atoms. The summed E-state index contributed by atoms with van der Waals surface area (Å²) in [4.78, 5) is 0. The molecule has 2 aromatic carbocycles. The van der Waals surface area contributed by atoms with Gasteiger partial charge in [-0.25, -0.2) is 0 Å². The Morgan fingerprint density at radius 2 is 0.806 bits per heavy atom. The number of halogens is 2. The number of nitrogens with one attached hydrogen (secondary N) is 3. The molecule has 2 rings (SSSR count). The number of anilines is 2. The van der Waals surface area contributed by atoms with E-state index in [2.05, 4.69) is 95.6 Å². The molecule has 0 aliphatic rings. The molecule has 3 N–H and O–H groups in total. The Balaban J connectivity index is 0. The molecule has 0 bridgehead atoms. The first-order chi connectivity index (χ1) is 15.9. The first-order valence-corrected chi connectivity index (χ1v) is 13.4. The third-order valence-corrected chi connectivity index (χ3v) is 6.75. The third kappa shape index (κ3) is 10.5. The summed E-state index contributed by atoms with van der Waals surface area (Å²) in [5, 5.41) is 11.3.